The van der Waals surface area contributed by atoms with Gasteiger partial charge in [0.15, 0.2) is 5.69 Å². The highest BCUT2D eigenvalue weighted by molar-refractivity contribution is 7.09. The molecule has 0 bridgehead atoms. The smallest absolute Gasteiger partial charge is 0.355 e. The second-order valence-corrected chi connectivity index (χ2v) is 5.64. The number of nitrogens with zero attached hydrogens (tertiary/aromatic N) is 1. The van der Waals surface area contributed by atoms with Gasteiger partial charge >= 0.3 is 12.0 Å². The van der Waals surface area contributed by atoms with Crippen molar-refractivity contribution in [2.75, 3.05) is 6.54 Å². The van der Waals surface area contributed by atoms with Crippen molar-refractivity contribution < 1.29 is 19.5 Å². The van der Waals surface area contributed by atoms with E-state index < -0.39 is 5.97 Å². The van der Waals surface area contributed by atoms with Crippen molar-refractivity contribution in [1.29, 1.82) is 0 Å². The first-order valence-electron chi connectivity index (χ1n) is 6.48. The Balaban J connectivity index is 1.78. The second-order valence-electron chi connectivity index (χ2n) is 4.76. The molecule has 4 N–H and O–H groups in total. The molecule has 2 atom stereocenters. The molecule has 21 heavy (non-hydrogen) atoms. The van der Waals surface area contributed by atoms with Crippen molar-refractivity contribution in [3.8, 4) is 0 Å². The summed E-state index contributed by atoms with van der Waals surface area (Å²) in [6, 6.07) is -0.797. The number of aromatic nitrogens is 1. The maximum Gasteiger partial charge on any atom is 0.355 e. The number of amides is 3. The van der Waals surface area contributed by atoms with E-state index in [0.717, 1.165) is 0 Å². The Hall–Kier alpha value is -2.16. The van der Waals surface area contributed by atoms with Crippen LogP contribution in [0.4, 0.5) is 4.79 Å². The zero-order valence-corrected chi connectivity index (χ0v) is 12.2. The zero-order chi connectivity index (χ0) is 15.4. The molecule has 1 aliphatic heterocycles. The molecule has 0 saturated carbocycles. The number of nitrogens with one attached hydrogen (secondary N) is 3. The predicted molar refractivity (Wildman–Crippen MR) is 75.2 cm³/mol. The topological polar surface area (TPSA) is 120 Å². The molecule has 1 fully saturated rings. The number of carbonyl (C=O) groups excluding carboxylic acids is 2. The van der Waals surface area contributed by atoms with Gasteiger partial charge in [-0.15, -0.1) is 11.3 Å². The van der Waals surface area contributed by atoms with E-state index in [1.807, 2.05) is 0 Å². The fourth-order valence-electron chi connectivity index (χ4n) is 1.94. The lowest BCUT2D eigenvalue weighted by atomic mass is 10.2. The highest BCUT2D eigenvalue weighted by Crippen LogP contribution is 2.17. The van der Waals surface area contributed by atoms with Crippen molar-refractivity contribution in [2.45, 2.75) is 31.8 Å². The molecule has 2 heterocycles. The molecule has 1 saturated heterocycles. The van der Waals surface area contributed by atoms with Gasteiger partial charge < -0.3 is 21.1 Å². The lowest BCUT2D eigenvalue weighted by Crippen LogP contribution is -2.43. The molecule has 2 unspecified atom stereocenters. The summed E-state index contributed by atoms with van der Waals surface area (Å²) in [5.41, 5.74) is -0.0299. The van der Waals surface area contributed by atoms with Crippen LogP contribution in [-0.2, 0) is 4.79 Å². The van der Waals surface area contributed by atoms with Crippen LogP contribution in [0, 0.1) is 0 Å². The average Bonchev–Trinajstić information content (AvgIpc) is 3.05. The number of urea groups is 1. The first-order chi connectivity index (χ1) is 9.95. The van der Waals surface area contributed by atoms with Crippen molar-refractivity contribution in [1.82, 2.24) is 20.9 Å². The van der Waals surface area contributed by atoms with Gasteiger partial charge in [-0.3, -0.25) is 4.79 Å². The first-order valence-corrected chi connectivity index (χ1v) is 7.36. The summed E-state index contributed by atoms with van der Waals surface area (Å²) in [6.07, 6.45) is 1.20. The zero-order valence-electron chi connectivity index (χ0n) is 11.4. The molecule has 3 amide bonds. The Kier molecular flexibility index (Phi) is 4.73. The van der Waals surface area contributed by atoms with Gasteiger partial charge in [0.1, 0.15) is 5.01 Å². The van der Waals surface area contributed by atoms with Gasteiger partial charge in [0, 0.05) is 24.4 Å². The van der Waals surface area contributed by atoms with Crippen LogP contribution in [0.5, 0.6) is 0 Å². The monoisotopic (exact) mass is 312 g/mol. The van der Waals surface area contributed by atoms with Crippen LogP contribution < -0.4 is 16.0 Å². The van der Waals surface area contributed by atoms with E-state index >= 15 is 0 Å². The van der Waals surface area contributed by atoms with Crippen LogP contribution in [0.2, 0.25) is 0 Å². The summed E-state index contributed by atoms with van der Waals surface area (Å²) in [5, 5.41) is 18.9. The van der Waals surface area contributed by atoms with Crippen LogP contribution >= 0.6 is 11.3 Å². The van der Waals surface area contributed by atoms with Crippen LogP contribution in [0.15, 0.2) is 5.38 Å². The van der Waals surface area contributed by atoms with Gasteiger partial charge in [0.25, 0.3) is 0 Å². The van der Waals surface area contributed by atoms with Gasteiger partial charge in [-0.05, 0) is 13.3 Å². The molecular formula is C12H16N4O4S. The number of carbonyl (C=O) groups is 3. The van der Waals surface area contributed by atoms with Crippen LogP contribution in [0.1, 0.15) is 41.3 Å². The van der Waals surface area contributed by atoms with Gasteiger partial charge in [-0.1, -0.05) is 0 Å². The lowest BCUT2D eigenvalue weighted by molar-refractivity contribution is -0.119. The SMILES string of the molecule is CC(NC(=O)NCC1CCC(=O)N1)c1nc(C(=O)O)cs1. The average molecular weight is 312 g/mol. The molecule has 1 aromatic heterocycles. The first kappa shape index (κ1) is 15.2. The molecule has 2 rings (SSSR count). The molecule has 9 heteroatoms. The van der Waals surface area contributed by atoms with E-state index in [1.165, 1.54) is 16.7 Å². The van der Waals surface area contributed by atoms with Crippen LogP contribution in [-0.4, -0.2) is 40.6 Å². The largest absolute Gasteiger partial charge is 0.476 e. The number of thiazole rings is 1. The molecule has 0 aliphatic carbocycles. The molecular weight excluding hydrogens is 296 g/mol. The van der Waals surface area contributed by atoms with E-state index in [0.29, 0.717) is 24.4 Å². The minimum atomic E-state index is -1.09. The Labute approximate surface area is 124 Å². The quantitative estimate of drug-likeness (QED) is 0.630. The predicted octanol–water partition coefficient (Wildman–Crippen LogP) is 0.480. The highest BCUT2D eigenvalue weighted by atomic mass is 32.1. The molecule has 8 nitrogen and oxygen atoms in total. The fraction of sp³-hybridized carbons (Fsp3) is 0.500. The summed E-state index contributed by atoms with van der Waals surface area (Å²) in [7, 11) is 0. The molecule has 1 aliphatic rings. The summed E-state index contributed by atoms with van der Waals surface area (Å²) >= 11 is 1.18. The standard InChI is InChI=1S/C12H16N4O4S/c1-6(10-16-8(5-21-10)11(18)19)14-12(20)13-4-7-2-3-9(17)15-7/h5-7H,2-4H2,1H3,(H,15,17)(H,18,19)(H2,13,14,20). The number of hydrogen-bond acceptors (Lipinski definition) is 5. The van der Waals surface area contributed by atoms with E-state index in [1.54, 1.807) is 6.92 Å². The van der Waals surface area contributed by atoms with Crippen LogP contribution in [0.25, 0.3) is 0 Å². The Bertz CT molecular complexity index is 559. The summed E-state index contributed by atoms with van der Waals surface area (Å²) in [5.74, 6) is -1.09. The van der Waals surface area contributed by atoms with Crippen molar-refractivity contribution in [2.24, 2.45) is 0 Å². The highest BCUT2D eigenvalue weighted by Gasteiger charge is 2.21. The lowest BCUT2D eigenvalue weighted by Gasteiger charge is -2.15. The van der Waals surface area contributed by atoms with Crippen molar-refractivity contribution in [3.63, 3.8) is 0 Å². The molecule has 0 spiro atoms. The van der Waals surface area contributed by atoms with E-state index in [2.05, 4.69) is 20.9 Å². The third-order valence-electron chi connectivity index (χ3n) is 3.05. The van der Waals surface area contributed by atoms with E-state index in [-0.39, 0.29) is 29.7 Å². The van der Waals surface area contributed by atoms with Gasteiger partial charge in [0.05, 0.1) is 6.04 Å². The second kappa shape index (κ2) is 6.53. The Morgan fingerprint density at radius 1 is 1.62 bits per heavy atom. The maximum absolute atomic E-state index is 11.7. The minimum Gasteiger partial charge on any atom is -0.476 e. The summed E-state index contributed by atoms with van der Waals surface area (Å²) in [6.45, 7) is 2.09. The number of hydrogen-bond donors (Lipinski definition) is 4. The normalized spacial score (nSPS) is 18.9. The number of rotatable bonds is 5. The van der Waals surface area contributed by atoms with E-state index in [4.69, 9.17) is 5.11 Å². The summed E-state index contributed by atoms with van der Waals surface area (Å²) in [4.78, 5) is 37.4. The molecule has 114 valence electrons. The van der Waals surface area contributed by atoms with E-state index in [9.17, 15) is 14.4 Å². The van der Waals surface area contributed by atoms with Gasteiger partial charge in [0.2, 0.25) is 5.91 Å². The fourth-order valence-corrected chi connectivity index (χ4v) is 2.74. The van der Waals surface area contributed by atoms with Crippen LogP contribution in [0.3, 0.4) is 0 Å². The number of aromatic carboxylic acids is 1. The molecule has 0 radical (unpaired) electrons. The molecule has 0 aromatic carbocycles. The summed E-state index contributed by atoms with van der Waals surface area (Å²) < 4.78 is 0. The third-order valence-corrected chi connectivity index (χ3v) is 4.08. The Morgan fingerprint density at radius 2 is 2.38 bits per heavy atom. The van der Waals surface area contributed by atoms with Gasteiger partial charge in [-0.25, -0.2) is 14.6 Å². The van der Waals surface area contributed by atoms with Gasteiger partial charge in [-0.2, -0.15) is 0 Å². The number of carboxylic acid groups (broad SMARTS) is 1. The van der Waals surface area contributed by atoms with Crippen molar-refractivity contribution >= 4 is 29.2 Å². The number of carboxylic acids is 1. The van der Waals surface area contributed by atoms with Crippen molar-refractivity contribution in [3.05, 3.63) is 16.1 Å². The maximum atomic E-state index is 11.7. The Morgan fingerprint density at radius 3 is 2.95 bits per heavy atom. The minimum absolute atomic E-state index is 0.000406. The molecule has 1 aromatic rings. The third kappa shape index (κ3) is 4.15.